The van der Waals surface area contributed by atoms with Crippen molar-refractivity contribution in [2.45, 2.75) is 6.42 Å². The summed E-state index contributed by atoms with van der Waals surface area (Å²) in [6.45, 7) is 0.960. The van der Waals surface area contributed by atoms with Gasteiger partial charge in [-0.15, -0.1) is 0 Å². The Morgan fingerprint density at radius 3 is 2.82 bits per heavy atom. The molecular formula is C8H14BrN5O2S. The molecule has 1 heterocycles. The van der Waals surface area contributed by atoms with E-state index < -0.39 is 10.0 Å². The summed E-state index contributed by atoms with van der Waals surface area (Å²) >= 11 is 3.28. The van der Waals surface area contributed by atoms with E-state index in [2.05, 4.69) is 35.9 Å². The summed E-state index contributed by atoms with van der Waals surface area (Å²) in [7, 11) is -3.12. The maximum atomic E-state index is 10.8. The van der Waals surface area contributed by atoms with E-state index in [-0.39, 0.29) is 5.95 Å². The first kappa shape index (κ1) is 14.1. The Morgan fingerprint density at radius 2 is 2.18 bits per heavy atom. The van der Waals surface area contributed by atoms with Crippen LogP contribution in [0.25, 0.3) is 0 Å². The Bertz CT molecular complexity index is 479. The van der Waals surface area contributed by atoms with Gasteiger partial charge in [-0.25, -0.2) is 18.1 Å². The van der Waals surface area contributed by atoms with E-state index in [1.54, 1.807) is 6.20 Å². The molecule has 0 fully saturated rings. The molecule has 0 radical (unpaired) electrons. The van der Waals surface area contributed by atoms with Gasteiger partial charge in [-0.1, -0.05) is 0 Å². The van der Waals surface area contributed by atoms with Gasteiger partial charge in [0.25, 0.3) is 0 Å². The van der Waals surface area contributed by atoms with Crippen molar-refractivity contribution in [2.24, 2.45) is 0 Å². The molecule has 0 aliphatic carbocycles. The van der Waals surface area contributed by atoms with Crippen LogP contribution < -0.4 is 15.8 Å². The Balaban J connectivity index is 2.34. The Morgan fingerprint density at radius 1 is 1.47 bits per heavy atom. The first-order valence-electron chi connectivity index (χ1n) is 4.85. The molecule has 0 bridgehead atoms. The van der Waals surface area contributed by atoms with E-state index in [0.29, 0.717) is 29.8 Å². The molecule has 0 amide bonds. The van der Waals surface area contributed by atoms with E-state index in [1.165, 1.54) is 0 Å². The van der Waals surface area contributed by atoms with E-state index >= 15 is 0 Å². The Labute approximate surface area is 108 Å². The molecular weight excluding hydrogens is 310 g/mol. The van der Waals surface area contributed by atoms with Crippen LogP contribution in [0.15, 0.2) is 10.7 Å². The number of nitrogens with zero attached hydrogens (tertiary/aromatic N) is 2. The standard InChI is InChI=1S/C8H14BrN5O2S/c1-17(15,16)13-4-2-3-11-7-6(9)5-12-8(10)14-7/h5,13H,2-4H2,1H3,(H3,10,11,12,14). The number of sulfonamides is 1. The lowest BCUT2D eigenvalue weighted by Gasteiger charge is -2.07. The number of rotatable bonds is 6. The van der Waals surface area contributed by atoms with Gasteiger partial charge in [0, 0.05) is 19.3 Å². The first-order valence-corrected chi connectivity index (χ1v) is 7.53. The van der Waals surface area contributed by atoms with Gasteiger partial charge in [-0.2, -0.15) is 4.98 Å². The van der Waals surface area contributed by atoms with Crippen molar-refractivity contribution in [2.75, 3.05) is 30.4 Å². The zero-order chi connectivity index (χ0) is 12.9. The van der Waals surface area contributed by atoms with Crippen molar-refractivity contribution >= 4 is 37.7 Å². The highest BCUT2D eigenvalue weighted by atomic mass is 79.9. The molecule has 0 atom stereocenters. The van der Waals surface area contributed by atoms with Crippen LogP contribution in [0.3, 0.4) is 0 Å². The van der Waals surface area contributed by atoms with Crippen LogP contribution in [-0.2, 0) is 10.0 Å². The lowest BCUT2D eigenvalue weighted by Crippen LogP contribution is -2.24. The maximum absolute atomic E-state index is 10.8. The Hall–Kier alpha value is -0.930. The minimum Gasteiger partial charge on any atom is -0.369 e. The highest BCUT2D eigenvalue weighted by Gasteiger charge is 2.03. The monoisotopic (exact) mass is 323 g/mol. The van der Waals surface area contributed by atoms with Gasteiger partial charge in [-0.3, -0.25) is 0 Å². The number of nitrogens with one attached hydrogen (secondary N) is 2. The van der Waals surface area contributed by atoms with Gasteiger partial charge >= 0.3 is 0 Å². The van der Waals surface area contributed by atoms with Gasteiger partial charge in [0.1, 0.15) is 5.82 Å². The molecule has 0 saturated carbocycles. The zero-order valence-corrected chi connectivity index (χ0v) is 11.7. The molecule has 4 N–H and O–H groups in total. The van der Waals surface area contributed by atoms with Crippen LogP contribution in [0, 0.1) is 0 Å². The molecule has 0 spiro atoms. The average Bonchev–Trinajstić information content (AvgIpc) is 2.21. The number of nitrogens with two attached hydrogens (primary N) is 1. The van der Waals surface area contributed by atoms with Gasteiger partial charge in [0.2, 0.25) is 16.0 Å². The second kappa shape index (κ2) is 6.12. The summed E-state index contributed by atoms with van der Waals surface area (Å²) < 4.78 is 24.7. The van der Waals surface area contributed by atoms with Crippen LogP contribution in [0.5, 0.6) is 0 Å². The number of aromatic nitrogens is 2. The third-order valence-electron chi connectivity index (χ3n) is 1.77. The van der Waals surface area contributed by atoms with Crippen molar-refractivity contribution in [3.8, 4) is 0 Å². The second-order valence-electron chi connectivity index (χ2n) is 3.37. The van der Waals surface area contributed by atoms with Crippen LogP contribution in [0.2, 0.25) is 0 Å². The van der Waals surface area contributed by atoms with Crippen LogP contribution in [-0.4, -0.2) is 37.7 Å². The lowest BCUT2D eigenvalue weighted by molar-refractivity contribution is 0.586. The molecule has 0 saturated heterocycles. The number of hydrogen-bond acceptors (Lipinski definition) is 6. The predicted molar refractivity (Wildman–Crippen MR) is 70.1 cm³/mol. The fourth-order valence-corrected chi connectivity index (χ4v) is 1.90. The van der Waals surface area contributed by atoms with E-state index in [1.807, 2.05) is 0 Å². The van der Waals surface area contributed by atoms with Gasteiger partial charge < -0.3 is 11.1 Å². The van der Waals surface area contributed by atoms with Crippen molar-refractivity contribution < 1.29 is 8.42 Å². The molecule has 1 aromatic rings. The number of halogens is 1. The highest BCUT2D eigenvalue weighted by molar-refractivity contribution is 9.10. The van der Waals surface area contributed by atoms with Crippen molar-refractivity contribution in [1.29, 1.82) is 0 Å². The quantitative estimate of drug-likeness (QED) is 0.644. The van der Waals surface area contributed by atoms with Gasteiger partial charge in [0.05, 0.1) is 10.7 Å². The lowest BCUT2D eigenvalue weighted by atomic mass is 10.4. The Kier molecular flexibility index (Phi) is 5.09. The third-order valence-corrected chi connectivity index (χ3v) is 3.08. The van der Waals surface area contributed by atoms with Crippen molar-refractivity contribution in [1.82, 2.24) is 14.7 Å². The fraction of sp³-hybridized carbons (Fsp3) is 0.500. The molecule has 7 nitrogen and oxygen atoms in total. The fourth-order valence-electron chi connectivity index (χ4n) is 1.06. The second-order valence-corrected chi connectivity index (χ2v) is 6.06. The molecule has 17 heavy (non-hydrogen) atoms. The molecule has 0 aliphatic rings. The summed E-state index contributed by atoms with van der Waals surface area (Å²) in [6, 6.07) is 0. The third kappa shape index (κ3) is 5.80. The van der Waals surface area contributed by atoms with Gasteiger partial charge in [0.15, 0.2) is 0 Å². The van der Waals surface area contributed by atoms with Crippen molar-refractivity contribution in [3.05, 3.63) is 10.7 Å². The molecule has 1 aromatic heterocycles. The van der Waals surface area contributed by atoms with Crippen LogP contribution in [0.4, 0.5) is 11.8 Å². The minimum atomic E-state index is -3.12. The zero-order valence-electron chi connectivity index (χ0n) is 9.27. The topological polar surface area (TPSA) is 110 Å². The summed E-state index contributed by atoms with van der Waals surface area (Å²) in [4.78, 5) is 7.79. The molecule has 0 aliphatic heterocycles. The summed E-state index contributed by atoms with van der Waals surface area (Å²) in [6.07, 6.45) is 3.32. The maximum Gasteiger partial charge on any atom is 0.221 e. The smallest absolute Gasteiger partial charge is 0.221 e. The summed E-state index contributed by atoms with van der Waals surface area (Å²) in [5.41, 5.74) is 5.44. The molecule has 96 valence electrons. The van der Waals surface area contributed by atoms with E-state index in [4.69, 9.17) is 5.73 Å². The summed E-state index contributed by atoms with van der Waals surface area (Å²) in [5, 5.41) is 3.03. The van der Waals surface area contributed by atoms with E-state index in [9.17, 15) is 8.42 Å². The largest absolute Gasteiger partial charge is 0.369 e. The SMILES string of the molecule is CS(=O)(=O)NCCCNc1nc(N)ncc1Br. The predicted octanol–water partition coefficient (Wildman–Crippen LogP) is 0.172. The number of anilines is 2. The molecule has 9 heteroatoms. The molecule has 1 rings (SSSR count). The first-order chi connectivity index (χ1) is 7.88. The van der Waals surface area contributed by atoms with Crippen molar-refractivity contribution in [3.63, 3.8) is 0 Å². The van der Waals surface area contributed by atoms with Gasteiger partial charge in [-0.05, 0) is 22.4 Å². The summed E-state index contributed by atoms with van der Waals surface area (Å²) in [5.74, 6) is 0.779. The minimum absolute atomic E-state index is 0.185. The van der Waals surface area contributed by atoms with Crippen LogP contribution in [0.1, 0.15) is 6.42 Å². The highest BCUT2D eigenvalue weighted by Crippen LogP contribution is 2.18. The average molecular weight is 324 g/mol. The number of hydrogen-bond donors (Lipinski definition) is 3. The normalized spacial score (nSPS) is 11.4. The van der Waals surface area contributed by atoms with E-state index in [0.717, 1.165) is 6.26 Å². The molecule has 0 aromatic carbocycles. The number of nitrogen functional groups attached to an aromatic ring is 1. The molecule has 0 unspecified atom stereocenters. The van der Waals surface area contributed by atoms with Crippen LogP contribution >= 0.6 is 15.9 Å².